The van der Waals surface area contributed by atoms with E-state index < -0.39 is 0 Å². The Labute approximate surface area is 196 Å². The van der Waals surface area contributed by atoms with Crippen LogP contribution in [0.15, 0.2) is 42.5 Å². The molecule has 2 aromatic rings. The first-order valence-electron chi connectivity index (χ1n) is 13.4. The molecule has 0 atom stereocenters. The first-order valence-corrected chi connectivity index (χ1v) is 13.4. The maximum absolute atomic E-state index is 6.71. The maximum Gasteiger partial charge on any atom is 0.0385 e. The highest BCUT2D eigenvalue weighted by Crippen LogP contribution is 2.45. The number of hydrogen-bond donors (Lipinski definition) is 2. The van der Waals surface area contributed by atoms with Gasteiger partial charge in [-0.3, -0.25) is 0 Å². The normalized spacial score (nSPS) is 26.2. The van der Waals surface area contributed by atoms with Crippen molar-refractivity contribution < 1.29 is 0 Å². The Morgan fingerprint density at radius 2 is 1.47 bits per heavy atom. The van der Waals surface area contributed by atoms with E-state index in [1.165, 1.54) is 93.7 Å². The van der Waals surface area contributed by atoms with Gasteiger partial charge in [-0.15, -0.1) is 0 Å². The van der Waals surface area contributed by atoms with Gasteiger partial charge in [-0.05, 0) is 97.4 Å². The van der Waals surface area contributed by atoms with Crippen molar-refractivity contribution in [2.45, 2.75) is 96.3 Å². The Balaban J connectivity index is 1.30. The minimum Gasteiger partial charge on any atom is -0.399 e. The quantitative estimate of drug-likeness (QED) is 0.327. The first-order chi connectivity index (χ1) is 15.6. The van der Waals surface area contributed by atoms with Crippen LogP contribution in [0, 0.1) is 17.8 Å². The van der Waals surface area contributed by atoms with Gasteiger partial charge in [0.05, 0.1) is 0 Å². The molecule has 2 aliphatic rings. The predicted octanol–water partition coefficient (Wildman–Crippen LogP) is 8.10. The van der Waals surface area contributed by atoms with Crippen LogP contribution >= 0.6 is 0 Å². The number of hydrogen-bond acceptors (Lipinski definition) is 2. The molecule has 0 spiro atoms. The summed E-state index contributed by atoms with van der Waals surface area (Å²) in [5, 5.41) is 0. The highest BCUT2D eigenvalue weighted by Gasteiger charge is 2.31. The first kappa shape index (κ1) is 23.2. The molecule has 2 heteroatoms. The number of anilines is 2. The van der Waals surface area contributed by atoms with Crippen LogP contribution in [0.25, 0.3) is 0 Å². The summed E-state index contributed by atoms with van der Waals surface area (Å²) >= 11 is 0. The van der Waals surface area contributed by atoms with Gasteiger partial charge in [-0.2, -0.15) is 0 Å². The van der Waals surface area contributed by atoms with Gasteiger partial charge < -0.3 is 11.5 Å². The summed E-state index contributed by atoms with van der Waals surface area (Å²) in [6, 6.07) is 14.9. The zero-order valence-corrected chi connectivity index (χ0v) is 20.2. The molecule has 0 unspecified atom stereocenters. The fourth-order valence-electron chi connectivity index (χ4n) is 6.60. The molecule has 2 nitrogen and oxygen atoms in total. The smallest absolute Gasteiger partial charge is 0.0385 e. The lowest BCUT2D eigenvalue weighted by Gasteiger charge is -2.38. The van der Waals surface area contributed by atoms with Crippen molar-refractivity contribution in [2.24, 2.45) is 17.8 Å². The molecule has 0 aliphatic heterocycles. The van der Waals surface area contributed by atoms with Gasteiger partial charge in [0.1, 0.15) is 0 Å². The third-order valence-electron chi connectivity index (χ3n) is 8.56. The van der Waals surface area contributed by atoms with Crippen molar-refractivity contribution in [1.82, 2.24) is 0 Å². The second kappa shape index (κ2) is 11.3. The Morgan fingerprint density at radius 1 is 0.781 bits per heavy atom. The van der Waals surface area contributed by atoms with Gasteiger partial charge in [0.15, 0.2) is 0 Å². The van der Waals surface area contributed by atoms with E-state index in [1.807, 2.05) is 12.1 Å². The summed E-state index contributed by atoms with van der Waals surface area (Å²) in [5.41, 5.74) is 18.4. The van der Waals surface area contributed by atoms with Gasteiger partial charge in [0.25, 0.3) is 0 Å². The van der Waals surface area contributed by atoms with E-state index in [1.54, 1.807) is 0 Å². The molecule has 0 saturated heterocycles. The Hall–Kier alpha value is -1.96. The van der Waals surface area contributed by atoms with Gasteiger partial charge >= 0.3 is 0 Å². The summed E-state index contributed by atoms with van der Waals surface area (Å²) in [7, 11) is 0. The summed E-state index contributed by atoms with van der Waals surface area (Å²) < 4.78 is 0. The van der Waals surface area contributed by atoms with Crippen LogP contribution in [-0.4, -0.2) is 0 Å². The molecule has 0 radical (unpaired) electrons. The number of nitrogens with two attached hydrogens (primary N) is 2. The van der Waals surface area contributed by atoms with Crippen molar-refractivity contribution >= 4 is 11.4 Å². The number of benzene rings is 2. The van der Waals surface area contributed by atoms with E-state index >= 15 is 0 Å². The fraction of sp³-hybridized carbons (Fsp3) is 0.600. The molecule has 4 rings (SSSR count). The molecule has 0 heterocycles. The number of nitrogen functional groups attached to an aromatic ring is 2. The molecular weight excluding hydrogens is 388 g/mol. The number of para-hydroxylation sites is 1. The molecule has 174 valence electrons. The summed E-state index contributed by atoms with van der Waals surface area (Å²) in [6.07, 6.45) is 18.0. The van der Waals surface area contributed by atoms with E-state index in [-0.39, 0.29) is 0 Å². The topological polar surface area (TPSA) is 52.0 Å². The van der Waals surface area contributed by atoms with Gasteiger partial charge in [-0.25, -0.2) is 0 Å². The minimum atomic E-state index is 0.637. The molecule has 0 bridgehead atoms. The lowest BCUT2D eigenvalue weighted by molar-refractivity contribution is 0.155. The highest BCUT2D eigenvalue weighted by atomic mass is 14.6. The van der Waals surface area contributed by atoms with Crippen molar-refractivity contribution in [1.29, 1.82) is 0 Å². The summed E-state index contributed by atoms with van der Waals surface area (Å²) in [5.74, 6) is 3.61. The van der Waals surface area contributed by atoms with Crippen LogP contribution in [0.5, 0.6) is 0 Å². The van der Waals surface area contributed by atoms with E-state index in [9.17, 15) is 0 Å². The molecule has 2 saturated carbocycles. The molecule has 32 heavy (non-hydrogen) atoms. The molecule has 2 aromatic carbocycles. The van der Waals surface area contributed by atoms with Crippen molar-refractivity contribution in [3.8, 4) is 0 Å². The number of unbranched alkanes of at least 4 members (excludes halogenated alkanes) is 2. The zero-order valence-electron chi connectivity index (χ0n) is 20.2. The van der Waals surface area contributed by atoms with E-state index in [2.05, 4.69) is 37.3 Å². The molecule has 0 aromatic heterocycles. The minimum absolute atomic E-state index is 0.637. The fourth-order valence-corrected chi connectivity index (χ4v) is 6.60. The van der Waals surface area contributed by atoms with Crippen molar-refractivity contribution in [2.75, 3.05) is 11.5 Å². The van der Waals surface area contributed by atoms with Crippen LogP contribution in [0.2, 0.25) is 0 Å². The third kappa shape index (κ3) is 5.88. The maximum atomic E-state index is 6.71. The molecule has 2 aliphatic carbocycles. The van der Waals surface area contributed by atoms with Crippen LogP contribution in [-0.2, 0) is 6.42 Å². The SMILES string of the molecule is CCCCCC1CCC(C2CCC(c3cccc(Cc4cccc(N)c4)c3N)CC2)CC1. The Morgan fingerprint density at radius 3 is 2.16 bits per heavy atom. The lowest BCUT2D eigenvalue weighted by Crippen LogP contribution is -2.25. The largest absolute Gasteiger partial charge is 0.399 e. The summed E-state index contributed by atoms with van der Waals surface area (Å²) in [6.45, 7) is 2.32. The lowest BCUT2D eigenvalue weighted by atomic mass is 9.67. The van der Waals surface area contributed by atoms with Crippen LogP contribution < -0.4 is 11.5 Å². The second-order valence-corrected chi connectivity index (χ2v) is 10.7. The van der Waals surface area contributed by atoms with E-state index in [4.69, 9.17) is 11.5 Å². The van der Waals surface area contributed by atoms with Crippen LogP contribution in [0.1, 0.15) is 107 Å². The summed E-state index contributed by atoms with van der Waals surface area (Å²) in [4.78, 5) is 0. The molecular formula is C30H44N2. The molecule has 0 amide bonds. The molecule has 2 fully saturated rings. The predicted molar refractivity (Wildman–Crippen MR) is 139 cm³/mol. The molecule has 4 N–H and O–H groups in total. The van der Waals surface area contributed by atoms with E-state index in [0.29, 0.717) is 5.92 Å². The van der Waals surface area contributed by atoms with Gasteiger partial charge in [-0.1, -0.05) is 75.8 Å². The van der Waals surface area contributed by atoms with Gasteiger partial charge in [0, 0.05) is 11.4 Å². The standard InChI is InChI=1S/C30H44N2/c1-2-3-4-7-22-12-14-24(15-13-22)25-16-18-26(19-17-25)29-11-6-9-27(30(29)32)20-23-8-5-10-28(31)21-23/h5-6,8-11,21-22,24-26H,2-4,7,12-20,31-32H2,1H3. The van der Waals surface area contributed by atoms with Crippen molar-refractivity contribution in [3.05, 3.63) is 59.2 Å². The van der Waals surface area contributed by atoms with Gasteiger partial charge in [0.2, 0.25) is 0 Å². The number of rotatable bonds is 8. The van der Waals surface area contributed by atoms with Crippen LogP contribution in [0.4, 0.5) is 11.4 Å². The van der Waals surface area contributed by atoms with E-state index in [0.717, 1.165) is 35.5 Å². The second-order valence-electron chi connectivity index (χ2n) is 10.7. The third-order valence-corrected chi connectivity index (χ3v) is 8.56. The Bertz CT molecular complexity index is 842. The zero-order chi connectivity index (χ0) is 22.3. The average Bonchev–Trinajstić information content (AvgIpc) is 2.81. The van der Waals surface area contributed by atoms with Crippen molar-refractivity contribution in [3.63, 3.8) is 0 Å². The average molecular weight is 433 g/mol. The monoisotopic (exact) mass is 432 g/mol. The van der Waals surface area contributed by atoms with Crippen LogP contribution in [0.3, 0.4) is 0 Å². The highest BCUT2D eigenvalue weighted by molar-refractivity contribution is 5.57. The Kier molecular flexibility index (Phi) is 8.16.